The van der Waals surface area contributed by atoms with E-state index in [-0.39, 0.29) is 36.3 Å². The van der Waals surface area contributed by atoms with Gasteiger partial charge in [-0.05, 0) is 50.1 Å². The topological polar surface area (TPSA) is 101 Å². The number of benzene rings is 1. The fourth-order valence-corrected chi connectivity index (χ4v) is 3.84. The van der Waals surface area contributed by atoms with Crippen LogP contribution in [0.15, 0.2) is 42.6 Å². The first-order valence-corrected chi connectivity index (χ1v) is 10.6. The highest BCUT2D eigenvalue weighted by atomic mass is 16.6. The first kappa shape index (κ1) is 22.3. The molecule has 1 N–H and O–H groups in total. The summed E-state index contributed by atoms with van der Waals surface area (Å²) in [5, 5.41) is 13.9. The van der Waals surface area contributed by atoms with Crippen molar-refractivity contribution in [3.8, 4) is 0 Å². The van der Waals surface area contributed by atoms with E-state index in [0.717, 1.165) is 17.7 Å². The largest absolute Gasteiger partial charge is 0.348 e. The normalized spacial score (nSPS) is 15.5. The first-order chi connectivity index (χ1) is 14.8. The molecule has 1 atom stereocenters. The lowest BCUT2D eigenvalue weighted by atomic mass is 9.99. The van der Waals surface area contributed by atoms with Crippen molar-refractivity contribution in [3.05, 3.63) is 64.0 Å². The van der Waals surface area contributed by atoms with Gasteiger partial charge >= 0.3 is 6.03 Å². The summed E-state index contributed by atoms with van der Waals surface area (Å²) in [5.74, 6) is -0.156. The van der Waals surface area contributed by atoms with Crippen LogP contribution >= 0.6 is 0 Å². The van der Waals surface area contributed by atoms with E-state index < -0.39 is 4.92 Å². The van der Waals surface area contributed by atoms with Gasteiger partial charge in [-0.25, -0.2) is 4.79 Å². The van der Waals surface area contributed by atoms with E-state index in [2.05, 4.69) is 9.88 Å². The van der Waals surface area contributed by atoms with Crippen LogP contribution in [0.1, 0.15) is 44.5 Å². The van der Waals surface area contributed by atoms with Crippen LogP contribution in [0.3, 0.4) is 0 Å². The van der Waals surface area contributed by atoms with Crippen molar-refractivity contribution in [3.63, 3.8) is 0 Å². The maximum Gasteiger partial charge on any atom is 0.318 e. The lowest BCUT2D eigenvalue weighted by molar-refractivity contribution is -0.384. The number of hydrogen-bond acceptors (Lipinski definition) is 4. The number of carbonyl (C=O) groups is 2. The zero-order valence-corrected chi connectivity index (χ0v) is 18.2. The zero-order valence-electron chi connectivity index (χ0n) is 18.2. The van der Waals surface area contributed by atoms with Gasteiger partial charge in [-0.1, -0.05) is 6.92 Å². The number of urea groups is 1. The van der Waals surface area contributed by atoms with E-state index in [9.17, 15) is 19.7 Å². The third-order valence-electron chi connectivity index (χ3n) is 5.49. The van der Waals surface area contributed by atoms with Crippen molar-refractivity contribution < 1.29 is 14.5 Å². The van der Waals surface area contributed by atoms with Gasteiger partial charge in [0.1, 0.15) is 6.54 Å². The summed E-state index contributed by atoms with van der Waals surface area (Å²) < 4.78 is 2.09. The van der Waals surface area contributed by atoms with Gasteiger partial charge in [0.2, 0.25) is 5.91 Å². The van der Waals surface area contributed by atoms with Gasteiger partial charge in [-0.15, -0.1) is 0 Å². The molecule has 166 valence electrons. The van der Waals surface area contributed by atoms with E-state index in [0.29, 0.717) is 19.6 Å². The number of rotatable bonds is 7. The molecular formula is C22H29N5O4. The number of nitro groups is 1. The van der Waals surface area contributed by atoms with E-state index in [4.69, 9.17) is 0 Å². The number of hydrogen-bond donors (Lipinski definition) is 1. The lowest BCUT2D eigenvalue weighted by Gasteiger charge is -2.39. The Morgan fingerprint density at radius 3 is 2.55 bits per heavy atom. The average Bonchev–Trinajstić information content (AvgIpc) is 3.23. The Hall–Kier alpha value is -3.36. The molecule has 3 rings (SSSR count). The highest BCUT2D eigenvalue weighted by Crippen LogP contribution is 2.33. The summed E-state index contributed by atoms with van der Waals surface area (Å²) in [4.78, 5) is 39.8. The number of nitrogens with zero attached hydrogens (tertiary/aromatic N) is 4. The highest BCUT2D eigenvalue weighted by molar-refractivity contribution is 5.85. The minimum Gasteiger partial charge on any atom is -0.348 e. The van der Waals surface area contributed by atoms with Gasteiger partial charge in [-0.2, -0.15) is 0 Å². The van der Waals surface area contributed by atoms with Crippen molar-refractivity contribution in [1.29, 1.82) is 0 Å². The molecule has 0 saturated carbocycles. The molecule has 2 heterocycles. The fourth-order valence-electron chi connectivity index (χ4n) is 3.84. The molecule has 1 aliphatic rings. The van der Waals surface area contributed by atoms with Crippen molar-refractivity contribution in [2.45, 2.75) is 45.8 Å². The summed E-state index contributed by atoms with van der Waals surface area (Å²) in [6, 6.07) is 9.44. The molecule has 0 unspecified atom stereocenters. The molecule has 1 aliphatic heterocycles. The van der Waals surface area contributed by atoms with Gasteiger partial charge in [0.15, 0.2) is 0 Å². The number of nitro benzene ring substituents is 1. The molecule has 31 heavy (non-hydrogen) atoms. The molecule has 1 aromatic heterocycles. The van der Waals surface area contributed by atoms with Crippen molar-refractivity contribution in [2.24, 2.45) is 0 Å². The summed E-state index contributed by atoms with van der Waals surface area (Å²) in [6.45, 7) is 7.41. The van der Waals surface area contributed by atoms with Crippen LogP contribution in [0.4, 0.5) is 10.5 Å². The number of carbonyl (C=O) groups excluding carboxylic acids is 2. The summed E-state index contributed by atoms with van der Waals surface area (Å²) in [5.41, 5.74) is 1.75. The van der Waals surface area contributed by atoms with Crippen LogP contribution in [0, 0.1) is 10.1 Å². The molecule has 9 heteroatoms. The molecule has 0 fully saturated rings. The monoisotopic (exact) mass is 427 g/mol. The molecule has 0 spiro atoms. The molecule has 0 radical (unpaired) electrons. The second-order valence-electron chi connectivity index (χ2n) is 7.92. The smallest absolute Gasteiger partial charge is 0.318 e. The molecule has 0 aliphatic carbocycles. The third kappa shape index (κ3) is 4.87. The Balaban J connectivity index is 1.88. The standard InChI is InChI=1S/C22H29N5O4/c1-4-11-23-22(29)26(16(2)3)15-20(28)25-14-13-24-12-5-6-19(24)21(25)17-7-9-18(10-8-17)27(30)31/h5-10,12,16,21H,4,11,13-15H2,1-3H3,(H,23,29)/t21-/m0/s1. The van der Waals surface area contributed by atoms with Crippen LogP contribution in [0.25, 0.3) is 0 Å². The van der Waals surface area contributed by atoms with Gasteiger partial charge in [0.25, 0.3) is 5.69 Å². The molecule has 1 aromatic carbocycles. The number of fused-ring (bicyclic) bond motifs is 1. The maximum absolute atomic E-state index is 13.4. The summed E-state index contributed by atoms with van der Waals surface area (Å²) in [7, 11) is 0. The second kappa shape index (κ2) is 9.63. The average molecular weight is 428 g/mol. The lowest BCUT2D eigenvalue weighted by Crippen LogP contribution is -2.52. The minimum atomic E-state index is -0.439. The third-order valence-corrected chi connectivity index (χ3v) is 5.49. The van der Waals surface area contributed by atoms with E-state index >= 15 is 0 Å². The summed E-state index contributed by atoms with van der Waals surface area (Å²) in [6.07, 6.45) is 2.78. The molecule has 0 bridgehead atoms. The quantitative estimate of drug-likeness (QED) is 0.542. The van der Waals surface area contributed by atoms with Crippen molar-refractivity contribution in [2.75, 3.05) is 19.6 Å². The van der Waals surface area contributed by atoms with E-state index in [1.807, 2.05) is 39.1 Å². The Morgan fingerprint density at radius 1 is 1.23 bits per heavy atom. The minimum absolute atomic E-state index is 0.00592. The molecule has 2 aromatic rings. The number of amides is 3. The van der Waals surface area contributed by atoms with Crippen molar-refractivity contribution in [1.82, 2.24) is 19.7 Å². The molecular weight excluding hydrogens is 398 g/mol. The molecule has 9 nitrogen and oxygen atoms in total. The fraction of sp³-hybridized carbons (Fsp3) is 0.455. The predicted molar refractivity (Wildman–Crippen MR) is 117 cm³/mol. The van der Waals surface area contributed by atoms with Crippen LogP contribution < -0.4 is 5.32 Å². The summed E-state index contributed by atoms with van der Waals surface area (Å²) >= 11 is 0. The number of aromatic nitrogens is 1. The molecule has 3 amide bonds. The number of nitrogens with one attached hydrogen (secondary N) is 1. The number of non-ortho nitro benzene ring substituents is 1. The highest BCUT2D eigenvalue weighted by Gasteiger charge is 2.34. The van der Waals surface area contributed by atoms with Gasteiger partial charge in [0.05, 0.1) is 11.0 Å². The zero-order chi connectivity index (χ0) is 22.5. The first-order valence-electron chi connectivity index (χ1n) is 10.6. The SMILES string of the molecule is CCCNC(=O)N(CC(=O)N1CCn2cccc2[C@@H]1c1ccc([N+](=O)[O-])cc1)C(C)C. The van der Waals surface area contributed by atoms with Gasteiger partial charge in [-0.3, -0.25) is 14.9 Å². The Morgan fingerprint density at radius 2 is 1.94 bits per heavy atom. The van der Waals surface area contributed by atoms with Crippen LogP contribution in [-0.2, 0) is 11.3 Å². The molecule has 0 saturated heterocycles. The van der Waals surface area contributed by atoms with Crippen LogP contribution in [-0.4, -0.2) is 56.9 Å². The van der Waals surface area contributed by atoms with Crippen LogP contribution in [0.5, 0.6) is 0 Å². The Kier molecular flexibility index (Phi) is 6.94. The van der Waals surface area contributed by atoms with Crippen LogP contribution in [0.2, 0.25) is 0 Å². The maximum atomic E-state index is 13.4. The van der Waals surface area contributed by atoms with Crippen molar-refractivity contribution >= 4 is 17.6 Å². The van der Waals surface area contributed by atoms with Gasteiger partial charge in [0, 0.05) is 49.7 Å². The Labute approximate surface area is 181 Å². The van der Waals surface area contributed by atoms with E-state index in [1.165, 1.54) is 12.1 Å². The van der Waals surface area contributed by atoms with Gasteiger partial charge < -0.3 is 19.7 Å². The van der Waals surface area contributed by atoms with E-state index in [1.54, 1.807) is 21.9 Å². The predicted octanol–water partition coefficient (Wildman–Crippen LogP) is 3.16. The Bertz CT molecular complexity index is 938. The second-order valence-corrected chi connectivity index (χ2v) is 7.92.